The summed E-state index contributed by atoms with van der Waals surface area (Å²) < 4.78 is 44.0. The van der Waals surface area contributed by atoms with E-state index < -0.39 is 11.7 Å². The van der Waals surface area contributed by atoms with Gasteiger partial charge in [-0.05, 0) is 30.3 Å². The average Bonchev–Trinajstić information content (AvgIpc) is 3.23. The SMILES string of the molecule is O=C(c1cc2c(s1)-c1ccccc1OC2)N1CCN(c2ccc(C(F)(F)F)cn2)CC1. The van der Waals surface area contributed by atoms with Crippen LogP contribution in [0.25, 0.3) is 10.4 Å². The van der Waals surface area contributed by atoms with Gasteiger partial charge < -0.3 is 14.5 Å². The first kappa shape index (κ1) is 19.9. The van der Waals surface area contributed by atoms with E-state index in [0.717, 1.165) is 34.0 Å². The van der Waals surface area contributed by atoms with Crippen molar-refractivity contribution in [1.82, 2.24) is 9.88 Å². The van der Waals surface area contributed by atoms with E-state index in [9.17, 15) is 18.0 Å². The van der Waals surface area contributed by atoms with Crippen molar-refractivity contribution in [2.24, 2.45) is 0 Å². The average molecular weight is 445 g/mol. The van der Waals surface area contributed by atoms with Gasteiger partial charge in [0, 0.05) is 48.4 Å². The molecule has 1 fully saturated rings. The summed E-state index contributed by atoms with van der Waals surface area (Å²) in [5, 5.41) is 0. The molecule has 1 saturated heterocycles. The van der Waals surface area contributed by atoms with Crippen molar-refractivity contribution in [3.63, 3.8) is 0 Å². The molecule has 0 bridgehead atoms. The number of benzene rings is 1. The second-order valence-electron chi connectivity index (χ2n) is 7.43. The summed E-state index contributed by atoms with van der Waals surface area (Å²) in [5.41, 5.74) is 1.25. The first-order chi connectivity index (χ1) is 14.9. The molecule has 0 aliphatic carbocycles. The lowest BCUT2D eigenvalue weighted by atomic mass is 10.1. The lowest BCUT2D eigenvalue weighted by Gasteiger charge is -2.35. The van der Waals surface area contributed by atoms with E-state index in [1.807, 2.05) is 35.2 Å². The Morgan fingerprint density at radius 1 is 1.06 bits per heavy atom. The third-order valence-corrected chi connectivity index (χ3v) is 6.70. The molecule has 4 heterocycles. The van der Waals surface area contributed by atoms with Crippen LogP contribution >= 0.6 is 11.3 Å². The zero-order valence-corrected chi connectivity index (χ0v) is 17.2. The van der Waals surface area contributed by atoms with Crippen LogP contribution in [0.1, 0.15) is 20.8 Å². The molecule has 0 atom stereocenters. The van der Waals surface area contributed by atoms with Crippen molar-refractivity contribution in [2.75, 3.05) is 31.1 Å². The minimum Gasteiger partial charge on any atom is -0.488 e. The molecule has 2 aromatic heterocycles. The zero-order valence-electron chi connectivity index (χ0n) is 16.4. The molecule has 1 aromatic carbocycles. The van der Waals surface area contributed by atoms with E-state index in [1.165, 1.54) is 17.4 Å². The Kier molecular flexibility index (Phi) is 4.85. The summed E-state index contributed by atoms with van der Waals surface area (Å²) >= 11 is 1.48. The van der Waals surface area contributed by atoms with Crippen molar-refractivity contribution in [1.29, 1.82) is 0 Å². The molecule has 5 rings (SSSR count). The van der Waals surface area contributed by atoms with Crippen molar-refractivity contribution >= 4 is 23.1 Å². The zero-order chi connectivity index (χ0) is 21.6. The highest BCUT2D eigenvalue weighted by atomic mass is 32.1. The second kappa shape index (κ2) is 7.56. The first-order valence-electron chi connectivity index (χ1n) is 9.82. The van der Waals surface area contributed by atoms with Gasteiger partial charge in [-0.15, -0.1) is 11.3 Å². The predicted octanol–water partition coefficient (Wildman–Crippen LogP) is 4.68. The third kappa shape index (κ3) is 3.74. The molecule has 3 aromatic rings. The number of alkyl halides is 3. The number of carbonyl (C=O) groups is 1. The highest BCUT2D eigenvalue weighted by molar-refractivity contribution is 7.17. The molecule has 0 N–H and O–H groups in total. The number of nitrogens with zero attached hydrogens (tertiary/aromatic N) is 3. The monoisotopic (exact) mass is 445 g/mol. The summed E-state index contributed by atoms with van der Waals surface area (Å²) in [4.78, 5) is 22.4. The number of fused-ring (bicyclic) bond motifs is 3. The van der Waals surface area contributed by atoms with Gasteiger partial charge in [0.2, 0.25) is 0 Å². The van der Waals surface area contributed by atoms with Crippen LogP contribution in [0.15, 0.2) is 48.7 Å². The van der Waals surface area contributed by atoms with Crippen molar-refractivity contribution in [3.05, 3.63) is 64.7 Å². The molecule has 2 aliphatic rings. The number of anilines is 1. The van der Waals surface area contributed by atoms with Crippen LogP contribution in [0.5, 0.6) is 5.75 Å². The molecule has 31 heavy (non-hydrogen) atoms. The quantitative estimate of drug-likeness (QED) is 0.575. The van der Waals surface area contributed by atoms with Crippen molar-refractivity contribution in [2.45, 2.75) is 12.8 Å². The number of ether oxygens (including phenoxy) is 1. The van der Waals surface area contributed by atoms with Crippen LogP contribution < -0.4 is 9.64 Å². The number of rotatable bonds is 2. The highest BCUT2D eigenvalue weighted by Crippen LogP contribution is 2.42. The number of piperazine rings is 1. The molecule has 5 nitrogen and oxygen atoms in total. The van der Waals surface area contributed by atoms with Crippen LogP contribution in [0, 0.1) is 0 Å². The molecule has 9 heteroatoms. The van der Waals surface area contributed by atoms with Crippen LogP contribution in [0.2, 0.25) is 0 Å². The molecule has 0 radical (unpaired) electrons. The number of halogens is 3. The fourth-order valence-corrected chi connectivity index (χ4v) is 5.01. The van der Waals surface area contributed by atoms with Gasteiger partial charge in [0.05, 0.1) is 10.4 Å². The Morgan fingerprint density at radius 3 is 2.55 bits per heavy atom. The minimum atomic E-state index is -4.40. The van der Waals surface area contributed by atoms with Gasteiger partial charge in [-0.25, -0.2) is 4.98 Å². The number of pyridine rings is 1. The van der Waals surface area contributed by atoms with Crippen LogP contribution in [0.4, 0.5) is 19.0 Å². The largest absolute Gasteiger partial charge is 0.488 e. The molecule has 160 valence electrons. The topological polar surface area (TPSA) is 45.7 Å². The second-order valence-corrected chi connectivity index (χ2v) is 8.48. The third-order valence-electron chi connectivity index (χ3n) is 5.50. The maximum Gasteiger partial charge on any atom is 0.417 e. The number of hydrogen-bond acceptors (Lipinski definition) is 5. The van der Waals surface area contributed by atoms with E-state index in [2.05, 4.69) is 4.98 Å². The van der Waals surface area contributed by atoms with E-state index in [0.29, 0.717) is 43.5 Å². The minimum absolute atomic E-state index is 0.0306. The molecular weight excluding hydrogens is 427 g/mol. The van der Waals surface area contributed by atoms with Gasteiger partial charge >= 0.3 is 6.18 Å². The first-order valence-corrected chi connectivity index (χ1v) is 10.6. The normalized spacial score (nSPS) is 15.8. The molecule has 1 amide bonds. The number of aromatic nitrogens is 1. The van der Waals surface area contributed by atoms with Crippen LogP contribution in [-0.2, 0) is 12.8 Å². The molecule has 0 saturated carbocycles. The van der Waals surface area contributed by atoms with Crippen LogP contribution in [-0.4, -0.2) is 42.0 Å². The number of thiophene rings is 1. The molecule has 0 unspecified atom stereocenters. The summed E-state index contributed by atoms with van der Waals surface area (Å²) in [7, 11) is 0. The molecule has 0 spiro atoms. The maximum atomic E-state index is 13.1. The summed E-state index contributed by atoms with van der Waals surface area (Å²) in [6, 6.07) is 12.1. The van der Waals surface area contributed by atoms with Gasteiger partial charge in [-0.3, -0.25) is 4.79 Å². The lowest BCUT2D eigenvalue weighted by Crippen LogP contribution is -2.48. The number of carbonyl (C=O) groups excluding carboxylic acids is 1. The summed E-state index contributed by atoms with van der Waals surface area (Å²) in [6.07, 6.45) is -3.55. The predicted molar refractivity (Wildman–Crippen MR) is 111 cm³/mol. The lowest BCUT2D eigenvalue weighted by molar-refractivity contribution is -0.137. The van der Waals surface area contributed by atoms with E-state index in [1.54, 1.807) is 4.90 Å². The maximum absolute atomic E-state index is 13.1. The number of para-hydroxylation sites is 1. The fraction of sp³-hybridized carbons (Fsp3) is 0.273. The van der Waals surface area contributed by atoms with Gasteiger partial charge in [0.15, 0.2) is 0 Å². The van der Waals surface area contributed by atoms with Gasteiger partial charge in [-0.1, -0.05) is 12.1 Å². The van der Waals surface area contributed by atoms with E-state index in [-0.39, 0.29) is 5.91 Å². The van der Waals surface area contributed by atoms with Crippen LogP contribution in [0.3, 0.4) is 0 Å². The Bertz CT molecular complexity index is 1120. The Morgan fingerprint density at radius 2 is 1.84 bits per heavy atom. The van der Waals surface area contributed by atoms with Gasteiger partial charge in [0.25, 0.3) is 5.91 Å². The van der Waals surface area contributed by atoms with Gasteiger partial charge in [-0.2, -0.15) is 13.2 Å². The Labute approximate surface area is 180 Å². The summed E-state index contributed by atoms with van der Waals surface area (Å²) in [5.74, 6) is 1.28. The number of amides is 1. The fourth-order valence-electron chi connectivity index (χ4n) is 3.84. The molecular formula is C22H18F3N3O2S. The smallest absolute Gasteiger partial charge is 0.417 e. The Balaban J connectivity index is 1.27. The van der Waals surface area contributed by atoms with Crippen molar-refractivity contribution < 1.29 is 22.7 Å². The van der Waals surface area contributed by atoms with Crippen molar-refractivity contribution in [3.8, 4) is 16.2 Å². The van der Waals surface area contributed by atoms with Gasteiger partial charge in [0.1, 0.15) is 18.2 Å². The Hall–Kier alpha value is -3.07. The summed E-state index contributed by atoms with van der Waals surface area (Å²) in [6.45, 7) is 2.44. The molecule has 2 aliphatic heterocycles. The van der Waals surface area contributed by atoms with E-state index >= 15 is 0 Å². The highest BCUT2D eigenvalue weighted by Gasteiger charge is 2.31. The standard InChI is InChI=1S/C22H18F3N3O2S/c23-22(24,25)15-5-6-19(26-12-15)27-7-9-28(10-8-27)21(29)18-11-14-13-30-17-4-2-1-3-16(17)20(14)31-18/h1-6,11-12H,7-10,13H2. The number of hydrogen-bond donors (Lipinski definition) is 0. The van der Waals surface area contributed by atoms with E-state index in [4.69, 9.17) is 4.74 Å².